The van der Waals surface area contributed by atoms with Gasteiger partial charge in [-0.05, 0) is 31.0 Å². The lowest BCUT2D eigenvalue weighted by Crippen LogP contribution is -2.23. The van der Waals surface area contributed by atoms with Gasteiger partial charge in [0.25, 0.3) is 0 Å². The number of benzene rings is 1. The Labute approximate surface area is 145 Å². The smallest absolute Gasteiger partial charge is 0.227 e. The maximum atomic E-state index is 12.5. The Morgan fingerprint density at radius 2 is 1.79 bits per heavy atom. The van der Waals surface area contributed by atoms with Crippen molar-refractivity contribution in [2.24, 2.45) is 5.92 Å². The lowest BCUT2D eigenvalue weighted by Gasteiger charge is -2.19. The Morgan fingerprint density at radius 1 is 1.08 bits per heavy atom. The highest BCUT2D eigenvalue weighted by molar-refractivity contribution is 7.22. The van der Waals surface area contributed by atoms with Crippen LogP contribution in [0, 0.1) is 5.92 Å². The molecule has 2 aromatic rings. The van der Waals surface area contributed by atoms with Crippen LogP contribution in [-0.4, -0.2) is 16.8 Å². The van der Waals surface area contributed by atoms with Gasteiger partial charge in [-0.15, -0.1) is 0 Å². The predicted molar refractivity (Wildman–Crippen MR) is 98.4 cm³/mol. The molecule has 0 atom stereocenters. The third kappa shape index (κ3) is 4.32. The van der Waals surface area contributed by atoms with Gasteiger partial charge in [-0.3, -0.25) is 9.59 Å². The molecule has 1 heterocycles. The van der Waals surface area contributed by atoms with Gasteiger partial charge in [0.15, 0.2) is 5.13 Å². The molecule has 0 spiro atoms. The minimum absolute atomic E-state index is 0.123. The van der Waals surface area contributed by atoms with Crippen molar-refractivity contribution in [3.8, 4) is 0 Å². The van der Waals surface area contributed by atoms with Crippen LogP contribution in [0.5, 0.6) is 0 Å². The summed E-state index contributed by atoms with van der Waals surface area (Å²) in [6.07, 6.45) is 8.04. The van der Waals surface area contributed by atoms with Crippen LogP contribution in [0.4, 0.5) is 10.8 Å². The predicted octanol–water partition coefficient (Wildman–Crippen LogP) is 4.55. The van der Waals surface area contributed by atoms with Gasteiger partial charge in [-0.2, -0.15) is 0 Å². The molecule has 5 nitrogen and oxygen atoms in total. The zero-order valence-electron chi connectivity index (χ0n) is 13.9. The minimum atomic E-state index is -0.133. The monoisotopic (exact) mass is 345 g/mol. The summed E-state index contributed by atoms with van der Waals surface area (Å²) < 4.78 is 0.953. The molecule has 1 saturated carbocycles. The Bertz CT molecular complexity index is 733. The van der Waals surface area contributed by atoms with Crippen molar-refractivity contribution in [2.75, 3.05) is 10.6 Å². The van der Waals surface area contributed by atoms with Crippen LogP contribution < -0.4 is 10.6 Å². The summed E-state index contributed by atoms with van der Waals surface area (Å²) in [5.41, 5.74) is 1.63. The van der Waals surface area contributed by atoms with Crippen LogP contribution in [0.25, 0.3) is 10.2 Å². The molecule has 24 heavy (non-hydrogen) atoms. The van der Waals surface area contributed by atoms with Gasteiger partial charge in [0, 0.05) is 18.5 Å². The van der Waals surface area contributed by atoms with E-state index in [1.165, 1.54) is 37.5 Å². The first-order chi connectivity index (χ1) is 11.6. The quantitative estimate of drug-likeness (QED) is 0.857. The first-order valence-corrected chi connectivity index (χ1v) is 9.42. The molecule has 1 aliphatic carbocycles. The van der Waals surface area contributed by atoms with E-state index in [2.05, 4.69) is 15.6 Å². The second-order valence-electron chi connectivity index (χ2n) is 6.41. The van der Waals surface area contributed by atoms with Crippen molar-refractivity contribution in [1.82, 2.24) is 4.98 Å². The molecule has 1 aliphatic rings. The number of thiazole rings is 1. The Balaban J connectivity index is 1.69. The molecule has 6 heteroatoms. The third-order valence-corrected chi connectivity index (χ3v) is 5.35. The minimum Gasteiger partial charge on any atom is -0.326 e. The highest BCUT2D eigenvalue weighted by atomic mass is 32.1. The fourth-order valence-corrected chi connectivity index (χ4v) is 4.12. The summed E-state index contributed by atoms with van der Waals surface area (Å²) in [7, 11) is 0. The molecule has 1 aromatic heterocycles. The van der Waals surface area contributed by atoms with Gasteiger partial charge >= 0.3 is 0 Å². The molecular formula is C18H23N3O2S. The topological polar surface area (TPSA) is 71.1 Å². The van der Waals surface area contributed by atoms with Gasteiger partial charge < -0.3 is 10.6 Å². The first-order valence-electron chi connectivity index (χ1n) is 8.61. The molecule has 0 radical (unpaired) electrons. The second kappa shape index (κ2) is 7.75. The molecule has 0 unspecified atom stereocenters. The van der Waals surface area contributed by atoms with Gasteiger partial charge in [0.05, 0.1) is 10.2 Å². The summed E-state index contributed by atoms with van der Waals surface area (Å²) in [4.78, 5) is 28.0. The third-order valence-electron chi connectivity index (χ3n) is 4.41. The molecule has 0 aliphatic heterocycles. The summed E-state index contributed by atoms with van der Waals surface area (Å²) in [6, 6.07) is 5.68. The van der Waals surface area contributed by atoms with E-state index in [1.54, 1.807) is 0 Å². The number of hydrogen-bond donors (Lipinski definition) is 2. The molecule has 1 aromatic carbocycles. The lowest BCUT2D eigenvalue weighted by atomic mass is 9.90. The number of fused-ring (bicyclic) bond motifs is 1. The molecule has 2 N–H and O–H groups in total. The van der Waals surface area contributed by atoms with Crippen molar-refractivity contribution in [3.63, 3.8) is 0 Å². The van der Waals surface area contributed by atoms with Crippen LogP contribution >= 0.6 is 11.3 Å². The number of nitrogens with one attached hydrogen (secondary N) is 2. The standard InChI is InChI=1S/C18H23N3O2S/c1-12(22)19-18-21-15-10-9-14(11-16(15)24-18)20-17(23)13-7-5-3-2-4-6-8-13/h9-11,13H,2-8H2,1H3,(H,20,23)(H,19,21,22). The van der Waals surface area contributed by atoms with Crippen LogP contribution in [0.3, 0.4) is 0 Å². The van der Waals surface area contributed by atoms with E-state index in [1.807, 2.05) is 18.2 Å². The number of carbonyl (C=O) groups excluding carboxylic acids is 2. The molecule has 128 valence electrons. The fraction of sp³-hybridized carbons (Fsp3) is 0.500. The van der Waals surface area contributed by atoms with E-state index in [-0.39, 0.29) is 17.7 Å². The SMILES string of the molecule is CC(=O)Nc1nc2ccc(NC(=O)C3CCCCCCC3)cc2s1. The van der Waals surface area contributed by atoms with Crippen LogP contribution in [0.1, 0.15) is 51.9 Å². The van der Waals surface area contributed by atoms with E-state index >= 15 is 0 Å². The fourth-order valence-electron chi connectivity index (χ4n) is 3.17. The molecule has 1 fully saturated rings. The number of aromatic nitrogens is 1. The van der Waals surface area contributed by atoms with E-state index in [9.17, 15) is 9.59 Å². The van der Waals surface area contributed by atoms with Crippen molar-refractivity contribution in [1.29, 1.82) is 0 Å². The Hall–Kier alpha value is -1.95. The number of rotatable bonds is 3. The van der Waals surface area contributed by atoms with E-state index in [4.69, 9.17) is 0 Å². The van der Waals surface area contributed by atoms with Crippen molar-refractivity contribution in [2.45, 2.75) is 51.9 Å². The Morgan fingerprint density at radius 3 is 2.50 bits per heavy atom. The molecule has 0 bridgehead atoms. The van der Waals surface area contributed by atoms with Crippen LogP contribution in [0.15, 0.2) is 18.2 Å². The summed E-state index contributed by atoms with van der Waals surface area (Å²) in [5.74, 6) is 0.118. The number of nitrogens with zero attached hydrogens (tertiary/aromatic N) is 1. The largest absolute Gasteiger partial charge is 0.326 e. The van der Waals surface area contributed by atoms with E-state index < -0.39 is 0 Å². The van der Waals surface area contributed by atoms with Gasteiger partial charge in [-0.1, -0.05) is 43.4 Å². The molecule has 0 saturated heterocycles. The maximum absolute atomic E-state index is 12.5. The maximum Gasteiger partial charge on any atom is 0.227 e. The highest BCUT2D eigenvalue weighted by Crippen LogP contribution is 2.29. The van der Waals surface area contributed by atoms with E-state index in [0.29, 0.717) is 5.13 Å². The summed E-state index contributed by atoms with van der Waals surface area (Å²) >= 11 is 1.41. The normalized spacial score (nSPS) is 16.4. The van der Waals surface area contributed by atoms with Gasteiger partial charge in [0.2, 0.25) is 11.8 Å². The highest BCUT2D eigenvalue weighted by Gasteiger charge is 2.19. The zero-order valence-corrected chi connectivity index (χ0v) is 14.7. The van der Waals surface area contributed by atoms with Gasteiger partial charge in [0.1, 0.15) is 0 Å². The molecule has 2 amide bonds. The first kappa shape index (κ1) is 16.9. The second-order valence-corrected chi connectivity index (χ2v) is 7.44. The number of anilines is 2. The number of carbonyl (C=O) groups is 2. The molecule has 3 rings (SSSR count). The van der Waals surface area contributed by atoms with Crippen LogP contribution in [-0.2, 0) is 9.59 Å². The summed E-state index contributed by atoms with van der Waals surface area (Å²) in [6.45, 7) is 1.46. The lowest BCUT2D eigenvalue weighted by molar-refractivity contribution is -0.120. The van der Waals surface area contributed by atoms with Crippen molar-refractivity contribution >= 4 is 44.2 Å². The zero-order chi connectivity index (χ0) is 16.9. The van der Waals surface area contributed by atoms with E-state index in [0.717, 1.165) is 41.6 Å². The van der Waals surface area contributed by atoms with Crippen molar-refractivity contribution < 1.29 is 9.59 Å². The molecular weight excluding hydrogens is 322 g/mol. The Kier molecular flexibility index (Phi) is 5.45. The number of amides is 2. The number of hydrogen-bond acceptors (Lipinski definition) is 4. The summed E-state index contributed by atoms with van der Waals surface area (Å²) in [5, 5.41) is 6.34. The average molecular weight is 345 g/mol. The van der Waals surface area contributed by atoms with Gasteiger partial charge in [-0.25, -0.2) is 4.98 Å². The van der Waals surface area contributed by atoms with Crippen molar-refractivity contribution in [3.05, 3.63) is 18.2 Å². The average Bonchev–Trinajstić information content (AvgIpc) is 2.87. The van der Waals surface area contributed by atoms with Crippen LogP contribution in [0.2, 0.25) is 0 Å².